The summed E-state index contributed by atoms with van der Waals surface area (Å²) in [7, 11) is 0. The molecule has 1 unspecified atom stereocenters. The van der Waals surface area contributed by atoms with Gasteiger partial charge in [0, 0.05) is 12.1 Å². The van der Waals surface area contributed by atoms with Crippen LogP contribution in [0.1, 0.15) is 16.4 Å². The Balaban J connectivity index is 1.77. The lowest BCUT2D eigenvalue weighted by Crippen LogP contribution is -2.45. The van der Waals surface area contributed by atoms with E-state index in [1.54, 1.807) is 6.21 Å². The second kappa shape index (κ2) is 5.35. The summed E-state index contributed by atoms with van der Waals surface area (Å²) in [6.45, 7) is 0. The molecular formula is C22H15N2O+. The number of carbonyl (C=O) groups excluding carboxylic acids is 1. The minimum Gasteiger partial charge on any atom is -0.286 e. The zero-order chi connectivity index (χ0) is 16.8. The maximum absolute atomic E-state index is 13.3. The van der Waals surface area contributed by atoms with Crippen molar-refractivity contribution < 1.29 is 9.36 Å². The molecule has 3 heteroatoms. The van der Waals surface area contributed by atoms with E-state index < -0.39 is 6.04 Å². The third-order valence-corrected chi connectivity index (χ3v) is 4.79. The van der Waals surface area contributed by atoms with Gasteiger partial charge in [0.1, 0.15) is 0 Å². The van der Waals surface area contributed by atoms with Crippen LogP contribution in [-0.4, -0.2) is 12.0 Å². The van der Waals surface area contributed by atoms with E-state index in [1.807, 2.05) is 59.4 Å². The average molecular weight is 323 g/mol. The third kappa shape index (κ3) is 2.17. The predicted molar refractivity (Wildman–Crippen MR) is 99.6 cm³/mol. The highest BCUT2D eigenvalue weighted by atomic mass is 16.1. The van der Waals surface area contributed by atoms with Crippen molar-refractivity contribution in [3.8, 4) is 0 Å². The smallest absolute Gasteiger partial charge is 0.256 e. The summed E-state index contributed by atoms with van der Waals surface area (Å²) in [5.74, 6) is 0.0853. The number of aliphatic imine (C=N–C) groups is 1. The highest BCUT2D eigenvalue weighted by Crippen LogP contribution is 2.35. The number of benzene rings is 3. The zero-order valence-corrected chi connectivity index (χ0v) is 13.5. The van der Waals surface area contributed by atoms with Gasteiger partial charge in [0.15, 0.2) is 12.4 Å². The number of fused-ring (bicyclic) bond motifs is 4. The summed E-state index contributed by atoms with van der Waals surface area (Å²) in [6, 6.07) is 21.8. The highest BCUT2D eigenvalue weighted by Gasteiger charge is 2.33. The quantitative estimate of drug-likeness (QED) is 0.377. The summed E-state index contributed by atoms with van der Waals surface area (Å²) in [5, 5.41) is 4.35. The lowest BCUT2D eigenvalue weighted by Gasteiger charge is -2.16. The molecule has 0 bridgehead atoms. The number of ketones is 1. The molecule has 1 atom stereocenters. The number of carbonyl (C=O) groups is 1. The van der Waals surface area contributed by atoms with Crippen LogP contribution < -0.4 is 4.57 Å². The Morgan fingerprint density at radius 1 is 0.800 bits per heavy atom. The first-order chi connectivity index (χ1) is 12.3. The van der Waals surface area contributed by atoms with E-state index >= 15 is 0 Å². The topological polar surface area (TPSA) is 33.3 Å². The van der Waals surface area contributed by atoms with Gasteiger partial charge in [-0.2, -0.15) is 4.57 Å². The monoisotopic (exact) mass is 323 g/mol. The molecule has 4 aromatic rings. The normalized spacial score (nSPS) is 16.3. The molecule has 3 nitrogen and oxygen atoms in total. The molecule has 25 heavy (non-hydrogen) atoms. The van der Waals surface area contributed by atoms with Crippen LogP contribution >= 0.6 is 0 Å². The average Bonchev–Trinajstić information content (AvgIpc) is 2.67. The summed E-state index contributed by atoms with van der Waals surface area (Å²) < 4.78 is 1.90. The molecule has 118 valence electrons. The Kier molecular flexibility index (Phi) is 3.01. The van der Waals surface area contributed by atoms with Gasteiger partial charge in [-0.05, 0) is 39.7 Å². The predicted octanol–water partition coefficient (Wildman–Crippen LogP) is 4.42. The molecule has 5 rings (SSSR count). The van der Waals surface area contributed by atoms with Gasteiger partial charge in [-0.3, -0.25) is 9.79 Å². The Bertz CT molecular complexity index is 1160. The SMILES string of the molecule is O=C1c2c(ccc3cc4ccccc4cc23)N=CC1[n+]1ccccc1. The molecule has 0 aliphatic carbocycles. The van der Waals surface area contributed by atoms with E-state index in [2.05, 4.69) is 29.3 Å². The first kappa shape index (κ1) is 14.1. The Morgan fingerprint density at radius 2 is 1.56 bits per heavy atom. The van der Waals surface area contributed by atoms with Crippen molar-refractivity contribution in [2.75, 3.05) is 0 Å². The zero-order valence-electron chi connectivity index (χ0n) is 13.5. The minimum atomic E-state index is -0.397. The lowest BCUT2D eigenvalue weighted by molar-refractivity contribution is -0.691. The fourth-order valence-corrected chi connectivity index (χ4v) is 3.55. The molecule has 2 heterocycles. The number of nitrogens with zero attached hydrogens (tertiary/aromatic N) is 2. The van der Waals surface area contributed by atoms with Gasteiger partial charge in [0.2, 0.25) is 5.78 Å². The maximum Gasteiger partial charge on any atom is 0.256 e. The fraction of sp³-hybridized carbons (Fsp3) is 0.0455. The fourth-order valence-electron chi connectivity index (χ4n) is 3.55. The molecule has 1 aliphatic rings. The van der Waals surface area contributed by atoms with Crippen molar-refractivity contribution in [3.05, 3.63) is 84.7 Å². The molecule has 1 aliphatic heterocycles. The molecule has 0 N–H and O–H groups in total. The van der Waals surface area contributed by atoms with Crippen molar-refractivity contribution in [2.24, 2.45) is 4.99 Å². The van der Waals surface area contributed by atoms with Gasteiger partial charge < -0.3 is 0 Å². The molecule has 1 aromatic heterocycles. The van der Waals surface area contributed by atoms with Gasteiger partial charge in [0.05, 0.1) is 17.5 Å². The number of pyridine rings is 1. The lowest BCUT2D eigenvalue weighted by atomic mass is 9.92. The summed E-state index contributed by atoms with van der Waals surface area (Å²) >= 11 is 0. The molecule has 3 aromatic carbocycles. The standard InChI is InChI=1S/C22H15N2O/c25-22-20(24-10-4-1-5-11-24)14-23-19-9-8-17-12-15-6-2-3-7-16(15)13-18(17)21(19)22/h1-14,20H/q+1. The maximum atomic E-state index is 13.3. The van der Waals surface area contributed by atoms with Gasteiger partial charge in [-0.1, -0.05) is 36.4 Å². The second-order valence-corrected chi connectivity index (χ2v) is 6.29. The first-order valence-electron chi connectivity index (χ1n) is 8.31. The first-order valence-corrected chi connectivity index (χ1v) is 8.31. The second-order valence-electron chi connectivity index (χ2n) is 6.29. The number of hydrogen-bond acceptors (Lipinski definition) is 2. The van der Waals surface area contributed by atoms with Crippen LogP contribution in [-0.2, 0) is 0 Å². The Hall–Kier alpha value is -3.33. The van der Waals surface area contributed by atoms with Crippen LogP contribution in [0.5, 0.6) is 0 Å². The van der Waals surface area contributed by atoms with Crippen LogP contribution in [0.25, 0.3) is 21.5 Å². The number of Topliss-reactive ketones (excluding diaryl/α,β-unsaturated/α-hetero) is 1. The number of aromatic nitrogens is 1. The third-order valence-electron chi connectivity index (χ3n) is 4.79. The van der Waals surface area contributed by atoms with E-state index in [9.17, 15) is 4.79 Å². The van der Waals surface area contributed by atoms with Crippen molar-refractivity contribution >= 4 is 39.2 Å². The van der Waals surface area contributed by atoms with Crippen LogP contribution in [0.2, 0.25) is 0 Å². The molecule has 0 spiro atoms. The summed E-state index contributed by atoms with van der Waals surface area (Å²) in [6.07, 6.45) is 5.54. The van der Waals surface area contributed by atoms with E-state index in [4.69, 9.17) is 0 Å². The van der Waals surface area contributed by atoms with E-state index in [-0.39, 0.29) is 5.78 Å². The molecule has 0 saturated heterocycles. The van der Waals surface area contributed by atoms with Gasteiger partial charge in [0.25, 0.3) is 6.04 Å². The number of hydrogen-bond donors (Lipinski definition) is 0. The Labute approximate surface area is 144 Å². The van der Waals surface area contributed by atoms with Gasteiger partial charge in [-0.25, -0.2) is 0 Å². The van der Waals surface area contributed by atoms with Crippen LogP contribution in [0.4, 0.5) is 5.69 Å². The molecule has 0 radical (unpaired) electrons. The Morgan fingerprint density at radius 3 is 2.36 bits per heavy atom. The molecule has 0 saturated carbocycles. The molecule has 0 amide bonds. The molecule has 0 fully saturated rings. The van der Waals surface area contributed by atoms with Crippen LogP contribution in [0.15, 0.2) is 84.1 Å². The van der Waals surface area contributed by atoms with Gasteiger partial charge >= 0.3 is 0 Å². The van der Waals surface area contributed by atoms with Crippen LogP contribution in [0, 0.1) is 0 Å². The van der Waals surface area contributed by atoms with E-state index in [0.717, 1.165) is 21.8 Å². The number of rotatable bonds is 1. The highest BCUT2D eigenvalue weighted by molar-refractivity contribution is 6.21. The van der Waals surface area contributed by atoms with Crippen molar-refractivity contribution in [1.82, 2.24) is 0 Å². The summed E-state index contributed by atoms with van der Waals surface area (Å²) in [4.78, 5) is 17.8. The minimum absolute atomic E-state index is 0.0853. The van der Waals surface area contributed by atoms with Crippen molar-refractivity contribution in [3.63, 3.8) is 0 Å². The van der Waals surface area contributed by atoms with Crippen molar-refractivity contribution in [2.45, 2.75) is 6.04 Å². The largest absolute Gasteiger partial charge is 0.286 e. The molecular weight excluding hydrogens is 308 g/mol. The van der Waals surface area contributed by atoms with E-state index in [1.165, 1.54) is 5.39 Å². The van der Waals surface area contributed by atoms with E-state index in [0.29, 0.717) is 5.56 Å². The van der Waals surface area contributed by atoms with Crippen molar-refractivity contribution in [1.29, 1.82) is 0 Å². The van der Waals surface area contributed by atoms with Crippen LogP contribution in [0.3, 0.4) is 0 Å². The van der Waals surface area contributed by atoms with Gasteiger partial charge in [-0.15, -0.1) is 0 Å². The summed E-state index contributed by atoms with van der Waals surface area (Å²) in [5.41, 5.74) is 1.47.